The Morgan fingerprint density at radius 1 is 1.40 bits per heavy atom. The van der Waals surface area contributed by atoms with Crippen LogP contribution in [0.4, 0.5) is 0 Å². The van der Waals surface area contributed by atoms with Gasteiger partial charge in [0.1, 0.15) is 5.75 Å². The van der Waals surface area contributed by atoms with E-state index >= 15 is 0 Å². The molecule has 2 N–H and O–H groups in total. The molecule has 2 rings (SSSR count). The van der Waals surface area contributed by atoms with Crippen LogP contribution in [0.25, 0.3) is 0 Å². The lowest BCUT2D eigenvalue weighted by Crippen LogP contribution is -2.38. The van der Waals surface area contributed by atoms with E-state index in [0.717, 1.165) is 67.5 Å². The number of benzene rings is 1. The van der Waals surface area contributed by atoms with Crippen LogP contribution >= 0.6 is 15.9 Å². The summed E-state index contributed by atoms with van der Waals surface area (Å²) in [5.41, 5.74) is 1.04. The fourth-order valence-electron chi connectivity index (χ4n) is 2.55. The number of aliphatic imine (C=N–C) groups is 1. The molecular formula is C18H28BrN3O3. The highest BCUT2D eigenvalue weighted by Crippen LogP contribution is 2.23. The minimum atomic E-state index is 0.269. The lowest BCUT2D eigenvalue weighted by molar-refractivity contribution is 0.0420. The van der Waals surface area contributed by atoms with Crippen LogP contribution in [0.3, 0.4) is 0 Å². The molecule has 1 fully saturated rings. The SMILES string of the molecule is CCNC(=NCc1cc(Br)ccc1OC)NCCCOC1CCOC1. The maximum Gasteiger partial charge on any atom is 0.191 e. The highest BCUT2D eigenvalue weighted by atomic mass is 79.9. The van der Waals surface area contributed by atoms with Crippen molar-refractivity contribution in [3.8, 4) is 5.75 Å². The molecule has 1 aliphatic rings. The molecule has 0 aliphatic carbocycles. The molecule has 7 heteroatoms. The van der Waals surface area contributed by atoms with E-state index in [1.807, 2.05) is 18.2 Å². The van der Waals surface area contributed by atoms with Gasteiger partial charge in [-0.1, -0.05) is 15.9 Å². The standard InChI is InChI=1S/C18H28BrN3O3/c1-3-20-18(21-8-4-9-25-16-7-10-24-13-16)22-12-14-11-15(19)5-6-17(14)23-2/h5-6,11,16H,3-4,7-10,12-13H2,1-2H3,(H2,20,21,22). The van der Waals surface area contributed by atoms with E-state index in [1.54, 1.807) is 7.11 Å². The number of hydrogen-bond acceptors (Lipinski definition) is 4. The Hall–Kier alpha value is -1.31. The van der Waals surface area contributed by atoms with Crippen molar-refractivity contribution < 1.29 is 14.2 Å². The molecule has 0 spiro atoms. The van der Waals surface area contributed by atoms with E-state index in [2.05, 4.69) is 38.5 Å². The molecule has 0 saturated carbocycles. The van der Waals surface area contributed by atoms with E-state index in [9.17, 15) is 0 Å². The zero-order valence-electron chi connectivity index (χ0n) is 15.0. The Labute approximate surface area is 158 Å². The summed E-state index contributed by atoms with van der Waals surface area (Å²) < 4.78 is 17.5. The van der Waals surface area contributed by atoms with E-state index in [1.165, 1.54) is 0 Å². The third-order valence-electron chi connectivity index (χ3n) is 3.85. The Kier molecular flexibility index (Phi) is 9.07. The first kappa shape index (κ1) is 20.0. The Balaban J connectivity index is 1.78. The monoisotopic (exact) mass is 413 g/mol. The third kappa shape index (κ3) is 7.22. The lowest BCUT2D eigenvalue weighted by Gasteiger charge is -2.13. The zero-order valence-corrected chi connectivity index (χ0v) is 16.6. The molecular weight excluding hydrogens is 386 g/mol. The van der Waals surface area contributed by atoms with Crippen LogP contribution in [-0.4, -0.2) is 52.1 Å². The molecule has 0 radical (unpaired) electrons. The molecule has 1 atom stereocenters. The smallest absolute Gasteiger partial charge is 0.191 e. The molecule has 0 amide bonds. The summed E-state index contributed by atoms with van der Waals surface area (Å²) in [5, 5.41) is 6.61. The quantitative estimate of drug-likeness (QED) is 0.370. The van der Waals surface area contributed by atoms with Gasteiger partial charge < -0.3 is 24.8 Å². The molecule has 1 heterocycles. The van der Waals surface area contributed by atoms with Crippen molar-refractivity contribution in [1.82, 2.24) is 10.6 Å². The second-order valence-electron chi connectivity index (χ2n) is 5.79. The second-order valence-corrected chi connectivity index (χ2v) is 6.70. The fourth-order valence-corrected chi connectivity index (χ4v) is 2.96. The van der Waals surface area contributed by atoms with Crippen molar-refractivity contribution in [3.63, 3.8) is 0 Å². The molecule has 0 bridgehead atoms. The molecule has 1 unspecified atom stereocenters. The maximum atomic E-state index is 5.77. The number of methoxy groups -OCH3 is 1. The van der Waals surface area contributed by atoms with Crippen LogP contribution in [0.1, 0.15) is 25.3 Å². The summed E-state index contributed by atoms with van der Waals surface area (Å²) in [6.45, 7) is 6.52. The summed E-state index contributed by atoms with van der Waals surface area (Å²) in [6, 6.07) is 5.94. The minimum Gasteiger partial charge on any atom is -0.496 e. The van der Waals surface area contributed by atoms with Gasteiger partial charge in [0, 0.05) is 36.3 Å². The van der Waals surface area contributed by atoms with Gasteiger partial charge in [0.05, 0.1) is 26.4 Å². The highest BCUT2D eigenvalue weighted by Gasteiger charge is 2.15. The number of halogens is 1. The van der Waals surface area contributed by atoms with Crippen LogP contribution in [0, 0.1) is 0 Å². The van der Waals surface area contributed by atoms with Gasteiger partial charge in [0.15, 0.2) is 5.96 Å². The zero-order chi connectivity index (χ0) is 17.9. The summed E-state index contributed by atoms with van der Waals surface area (Å²) in [4.78, 5) is 4.64. The number of guanidine groups is 1. The molecule has 1 saturated heterocycles. The minimum absolute atomic E-state index is 0.269. The number of rotatable bonds is 9. The predicted octanol–water partition coefficient (Wildman–Crippen LogP) is 2.71. The van der Waals surface area contributed by atoms with Gasteiger partial charge >= 0.3 is 0 Å². The van der Waals surface area contributed by atoms with Gasteiger partial charge in [-0.15, -0.1) is 0 Å². The highest BCUT2D eigenvalue weighted by molar-refractivity contribution is 9.10. The summed E-state index contributed by atoms with van der Waals surface area (Å²) in [5.74, 6) is 1.64. The summed E-state index contributed by atoms with van der Waals surface area (Å²) in [6.07, 6.45) is 2.21. The van der Waals surface area contributed by atoms with E-state index in [-0.39, 0.29) is 6.10 Å². The molecule has 6 nitrogen and oxygen atoms in total. The van der Waals surface area contributed by atoms with E-state index < -0.39 is 0 Å². The van der Waals surface area contributed by atoms with Crippen LogP contribution in [-0.2, 0) is 16.0 Å². The van der Waals surface area contributed by atoms with Gasteiger partial charge in [-0.2, -0.15) is 0 Å². The Morgan fingerprint density at radius 3 is 3.00 bits per heavy atom. The lowest BCUT2D eigenvalue weighted by atomic mass is 10.2. The number of nitrogens with one attached hydrogen (secondary N) is 2. The van der Waals surface area contributed by atoms with Gasteiger partial charge in [0.25, 0.3) is 0 Å². The van der Waals surface area contributed by atoms with Crippen molar-refractivity contribution in [2.24, 2.45) is 4.99 Å². The molecule has 0 aromatic heterocycles. The van der Waals surface area contributed by atoms with Gasteiger partial charge in [-0.3, -0.25) is 0 Å². The molecule has 1 aliphatic heterocycles. The molecule has 140 valence electrons. The predicted molar refractivity (Wildman–Crippen MR) is 103 cm³/mol. The van der Waals surface area contributed by atoms with Gasteiger partial charge in [-0.05, 0) is 38.0 Å². The first-order valence-electron chi connectivity index (χ1n) is 8.77. The first-order chi connectivity index (χ1) is 12.2. The van der Waals surface area contributed by atoms with Crippen molar-refractivity contribution in [2.75, 3.05) is 40.0 Å². The average Bonchev–Trinajstić information content (AvgIpc) is 3.13. The van der Waals surface area contributed by atoms with Crippen LogP contribution in [0.2, 0.25) is 0 Å². The first-order valence-corrected chi connectivity index (χ1v) is 9.56. The fraction of sp³-hybridized carbons (Fsp3) is 0.611. The normalized spacial score (nSPS) is 17.6. The van der Waals surface area contributed by atoms with Crippen molar-refractivity contribution >= 4 is 21.9 Å². The number of nitrogens with zero attached hydrogens (tertiary/aromatic N) is 1. The average molecular weight is 414 g/mol. The second kappa shape index (κ2) is 11.3. The number of ether oxygens (including phenoxy) is 3. The van der Waals surface area contributed by atoms with Crippen molar-refractivity contribution in [2.45, 2.75) is 32.4 Å². The largest absolute Gasteiger partial charge is 0.496 e. The Morgan fingerprint density at radius 2 is 2.28 bits per heavy atom. The molecule has 1 aromatic carbocycles. The maximum absolute atomic E-state index is 5.77. The molecule has 1 aromatic rings. The number of hydrogen-bond donors (Lipinski definition) is 2. The Bertz CT molecular complexity index is 548. The topological polar surface area (TPSA) is 64.1 Å². The summed E-state index contributed by atoms with van der Waals surface area (Å²) in [7, 11) is 1.68. The van der Waals surface area contributed by atoms with Crippen LogP contribution < -0.4 is 15.4 Å². The van der Waals surface area contributed by atoms with Crippen molar-refractivity contribution in [3.05, 3.63) is 28.2 Å². The third-order valence-corrected chi connectivity index (χ3v) is 4.34. The molecule has 25 heavy (non-hydrogen) atoms. The van der Waals surface area contributed by atoms with E-state index in [0.29, 0.717) is 6.54 Å². The van der Waals surface area contributed by atoms with Crippen LogP contribution in [0.5, 0.6) is 5.75 Å². The summed E-state index contributed by atoms with van der Waals surface area (Å²) >= 11 is 3.49. The van der Waals surface area contributed by atoms with Gasteiger partial charge in [-0.25, -0.2) is 4.99 Å². The van der Waals surface area contributed by atoms with Gasteiger partial charge in [0.2, 0.25) is 0 Å². The van der Waals surface area contributed by atoms with Crippen molar-refractivity contribution in [1.29, 1.82) is 0 Å². The van der Waals surface area contributed by atoms with E-state index in [4.69, 9.17) is 14.2 Å². The van der Waals surface area contributed by atoms with Crippen LogP contribution in [0.15, 0.2) is 27.7 Å².